The number of nitro benzene ring substituents is 1. The summed E-state index contributed by atoms with van der Waals surface area (Å²) in [6.45, 7) is 0. The molecular weight excluding hydrogens is 310 g/mol. The van der Waals surface area contributed by atoms with E-state index in [-0.39, 0.29) is 17.9 Å². The van der Waals surface area contributed by atoms with E-state index in [0.29, 0.717) is 5.56 Å². The van der Waals surface area contributed by atoms with Gasteiger partial charge in [-0.25, -0.2) is 0 Å². The number of Topliss-reactive ketones (excluding diaryl/α,β-unsaturated/α-hetero) is 1. The van der Waals surface area contributed by atoms with Crippen LogP contribution in [0.2, 0.25) is 0 Å². The molecule has 2 aromatic rings. The standard InChI is InChI=1S/C14H10BrNO3/c15-12-5-1-10(2-6-12)9-14(17)11-3-7-13(8-4-11)16(18)19/h1-8H,9H2. The zero-order valence-corrected chi connectivity index (χ0v) is 11.5. The molecule has 0 atom stereocenters. The minimum absolute atomic E-state index is 0.0137. The molecule has 0 aliphatic rings. The van der Waals surface area contributed by atoms with Gasteiger partial charge in [0.1, 0.15) is 0 Å². The highest BCUT2D eigenvalue weighted by Gasteiger charge is 2.10. The maximum atomic E-state index is 12.0. The second-order valence-corrected chi connectivity index (χ2v) is 4.95. The molecular formula is C14H10BrNO3. The summed E-state index contributed by atoms with van der Waals surface area (Å²) in [5, 5.41) is 10.5. The first-order chi connectivity index (χ1) is 9.06. The van der Waals surface area contributed by atoms with Gasteiger partial charge >= 0.3 is 0 Å². The summed E-state index contributed by atoms with van der Waals surface area (Å²) in [5.74, 6) is -0.0581. The molecule has 0 aliphatic carbocycles. The number of nitro groups is 1. The number of nitrogens with zero attached hydrogens (tertiary/aromatic N) is 1. The second kappa shape index (κ2) is 5.75. The highest BCUT2D eigenvalue weighted by Crippen LogP contribution is 2.15. The van der Waals surface area contributed by atoms with E-state index in [9.17, 15) is 14.9 Å². The Balaban J connectivity index is 2.11. The van der Waals surface area contributed by atoms with Crippen LogP contribution in [0.1, 0.15) is 15.9 Å². The van der Waals surface area contributed by atoms with Crippen LogP contribution in [-0.4, -0.2) is 10.7 Å². The Morgan fingerprint density at radius 1 is 1.05 bits per heavy atom. The van der Waals surface area contributed by atoms with Crippen LogP contribution in [0, 0.1) is 10.1 Å². The van der Waals surface area contributed by atoms with Crippen molar-refractivity contribution in [1.82, 2.24) is 0 Å². The third-order valence-corrected chi connectivity index (χ3v) is 3.21. The highest BCUT2D eigenvalue weighted by atomic mass is 79.9. The minimum atomic E-state index is -0.483. The maximum absolute atomic E-state index is 12.0. The van der Waals surface area contributed by atoms with Crippen LogP contribution in [0.15, 0.2) is 53.0 Å². The molecule has 19 heavy (non-hydrogen) atoms. The SMILES string of the molecule is O=C(Cc1ccc(Br)cc1)c1ccc([N+](=O)[O-])cc1. The van der Waals surface area contributed by atoms with Crippen LogP contribution in [0.25, 0.3) is 0 Å². The summed E-state index contributed by atoms with van der Waals surface area (Å²) in [4.78, 5) is 22.0. The molecule has 0 saturated carbocycles. The van der Waals surface area contributed by atoms with Crippen LogP contribution in [0.3, 0.4) is 0 Å². The predicted molar refractivity (Wildman–Crippen MR) is 75.3 cm³/mol. The molecule has 0 bridgehead atoms. The van der Waals surface area contributed by atoms with Gasteiger partial charge in [-0.2, -0.15) is 0 Å². The number of hydrogen-bond acceptors (Lipinski definition) is 3. The molecule has 0 saturated heterocycles. The van der Waals surface area contributed by atoms with E-state index in [0.717, 1.165) is 10.0 Å². The van der Waals surface area contributed by atoms with Gasteiger partial charge in [-0.3, -0.25) is 14.9 Å². The lowest BCUT2D eigenvalue weighted by Crippen LogP contribution is -2.03. The van der Waals surface area contributed by atoms with Gasteiger partial charge in [-0.05, 0) is 29.8 Å². The fourth-order valence-electron chi connectivity index (χ4n) is 1.66. The smallest absolute Gasteiger partial charge is 0.269 e. The van der Waals surface area contributed by atoms with Crippen molar-refractivity contribution in [3.8, 4) is 0 Å². The van der Waals surface area contributed by atoms with Crippen molar-refractivity contribution in [3.63, 3.8) is 0 Å². The fourth-order valence-corrected chi connectivity index (χ4v) is 1.92. The van der Waals surface area contributed by atoms with E-state index < -0.39 is 4.92 Å². The van der Waals surface area contributed by atoms with Gasteiger partial charge in [0.25, 0.3) is 5.69 Å². The van der Waals surface area contributed by atoms with Crippen LogP contribution in [0.4, 0.5) is 5.69 Å². The molecule has 0 heterocycles. The van der Waals surface area contributed by atoms with Crippen molar-refractivity contribution >= 4 is 27.4 Å². The van der Waals surface area contributed by atoms with E-state index in [2.05, 4.69) is 15.9 Å². The van der Waals surface area contributed by atoms with Crippen molar-refractivity contribution in [2.24, 2.45) is 0 Å². The summed E-state index contributed by atoms with van der Waals surface area (Å²) < 4.78 is 0.957. The van der Waals surface area contributed by atoms with Crippen molar-refractivity contribution in [3.05, 3.63) is 74.2 Å². The Labute approximate surface area is 118 Å². The molecule has 0 spiro atoms. The lowest BCUT2D eigenvalue weighted by molar-refractivity contribution is -0.384. The number of carbonyl (C=O) groups is 1. The Hall–Kier alpha value is -2.01. The molecule has 0 aliphatic heterocycles. The van der Waals surface area contributed by atoms with Crippen LogP contribution in [-0.2, 0) is 6.42 Å². The fraction of sp³-hybridized carbons (Fsp3) is 0.0714. The summed E-state index contributed by atoms with van der Waals surface area (Å²) in [6, 6.07) is 13.1. The summed E-state index contributed by atoms with van der Waals surface area (Å²) in [5.41, 5.74) is 1.38. The summed E-state index contributed by atoms with van der Waals surface area (Å²) >= 11 is 3.33. The molecule has 2 aromatic carbocycles. The largest absolute Gasteiger partial charge is 0.294 e. The lowest BCUT2D eigenvalue weighted by Gasteiger charge is -2.02. The van der Waals surface area contributed by atoms with Gasteiger partial charge in [-0.15, -0.1) is 0 Å². The normalized spacial score (nSPS) is 10.2. The number of carbonyl (C=O) groups excluding carboxylic acids is 1. The van der Waals surface area contributed by atoms with Crippen LogP contribution >= 0.6 is 15.9 Å². The number of benzene rings is 2. The number of hydrogen-bond donors (Lipinski definition) is 0. The molecule has 0 amide bonds. The minimum Gasteiger partial charge on any atom is -0.294 e. The summed E-state index contributed by atoms with van der Waals surface area (Å²) in [7, 11) is 0. The Bertz CT molecular complexity index is 606. The molecule has 0 fully saturated rings. The molecule has 5 heteroatoms. The lowest BCUT2D eigenvalue weighted by atomic mass is 10.0. The molecule has 96 valence electrons. The molecule has 2 rings (SSSR count). The number of rotatable bonds is 4. The van der Waals surface area contributed by atoms with Crippen molar-refractivity contribution < 1.29 is 9.72 Å². The third kappa shape index (κ3) is 3.48. The van der Waals surface area contributed by atoms with E-state index >= 15 is 0 Å². The van der Waals surface area contributed by atoms with E-state index in [1.165, 1.54) is 24.3 Å². The average molecular weight is 320 g/mol. The zero-order valence-electron chi connectivity index (χ0n) is 9.88. The molecule has 0 N–H and O–H groups in total. The van der Waals surface area contributed by atoms with Gasteiger partial charge in [0, 0.05) is 28.6 Å². The molecule has 0 unspecified atom stereocenters. The van der Waals surface area contributed by atoms with Crippen LogP contribution < -0.4 is 0 Å². The highest BCUT2D eigenvalue weighted by molar-refractivity contribution is 9.10. The Morgan fingerprint density at radius 3 is 2.16 bits per heavy atom. The van der Waals surface area contributed by atoms with Crippen molar-refractivity contribution in [1.29, 1.82) is 0 Å². The topological polar surface area (TPSA) is 60.2 Å². The zero-order chi connectivity index (χ0) is 13.8. The molecule has 4 nitrogen and oxygen atoms in total. The molecule has 0 radical (unpaired) electrons. The van der Waals surface area contributed by atoms with Gasteiger partial charge in [0.15, 0.2) is 5.78 Å². The Kier molecular flexibility index (Phi) is 4.06. The van der Waals surface area contributed by atoms with E-state index in [1.54, 1.807) is 0 Å². The van der Waals surface area contributed by atoms with Gasteiger partial charge < -0.3 is 0 Å². The first kappa shape index (κ1) is 13.4. The third-order valence-electron chi connectivity index (χ3n) is 2.68. The van der Waals surface area contributed by atoms with E-state index in [1.807, 2.05) is 24.3 Å². The predicted octanol–water partition coefficient (Wildman–Crippen LogP) is 3.78. The number of halogens is 1. The van der Waals surface area contributed by atoms with Gasteiger partial charge in [0.2, 0.25) is 0 Å². The first-order valence-electron chi connectivity index (χ1n) is 5.58. The van der Waals surface area contributed by atoms with Crippen molar-refractivity contribution in [2.45, 2.75) is 6.42 Å². The summed E-state index contributed by atoms with van der Waals surface area (Å²) in [6.07, 6.45) is 0.283. The monoisotopic (exact) mass is 319 g/mol. The first-order valence-corrected chi connectivity index (χ1v) is 6.37. The van der Waals surface area contributed by atoms with Gasteiger partial charge in [0.05, 0.1) is 4.92 Å². The molecule has 0 aromatic heterocycles. The van der Waals surface area contributed by atoms with E-state index in [4.69, 9.17) is 0 Å². The number of ketones is 1. The average Bonchev–Trinajstić information content (AvgIpc) is 2.41. The van der Waals surface area contributed by atoms with Crippen LogP contribution in [0.5, 0.6) is 0 Å². The number of non-ortho nitro benzene ring substituents is 1. The Morgan fingerprint density at radius 2 is 1.63 bits per heavy atom. The second-order valence-electron chi connectivity index (χ2n) is 4.03. The maximum Gasteiger partial charge on any atom is 0.269 e. The van der Waals surface area contributed by atoms with Crippen molar-refractivity contribution in [2.75, 3.05) is 0 Å². The quantitative estimate of drug-likeness (QED) is 0.489. The van der Waals surface area contributed by atoms with Gasteiger partial charge in [-0.1, -0.05) is 28.1 Å².